The third-order valence-electron chi connectivity index (χ3n) is 5.46. The second-order valence-electron chi connectivity index (χ2n) is 7.75. The lowest BCUT2D eigenvalue weighted by atomic mass is 10.1. The van der Waals surface area contributed by atoms with Crippen LogP contribution in [0.2, 0.25) is 0 Å². The first kappa shape index (κ1) is 21.6. The lowest BCUT2D eigenvalue weighted by Crippen LogP contribution is -2.22. The van der Waals surface area contributed by atoms with Crippen molar-refractivity contribution in [3.8, 4) is 5.69 Å². The minimum Gasteiger partial charge on any atom is -0.269 e. The van der Waals surface area contributed by atoms with Crippen molar-refractivity contribution in [2.75, 3.05) is 0 Å². The summed E-state index contributed by atoms with van der Waals surface area (Å²) in [6.45, 7) is 2.18. The van der Waals surface area contributed by atoms with Crippen LogP contribution in [0, 0.1) is 0 Å². The number of fused-ring (bicyclic) bond motifs is 2. The summed E-state index contributed by atoms with van der Waals surface area (Å²) in [6, 6.07) is 17.0. The van der Waals surface area contributed by atoms with Crippen molar-refractivity contribution in [1.29, 1.82) is 0 Å². The van der Waals surface area contributed by atoms with Crippen LogP contribution >= 0.6 is 23.1 Å². The lowest BCUT2D eigenvalue weighted by Gasteiger charge is -2.14. The molecular formula is C25H22N4O2S2. The molecule has 6 nitrogen and oxygen atoms in total. The van der Waals surface area contributed by atoms with Gasteiger partial charge < -0.3 is 0 Å². The molecule has 0 unspecified atom stereocenters. The fourth-order valence-corrected chi connectivity index (χ4v) is 5.37. The monoisotopic (exact) mass is 474 g/mol. The van der Waals surface area contributed by atoms with E-state index in [1.54, 1.807) is 22.9 Å². The molecule has 5 aromatic rings. The fourth-order valence-electron chi connectivity index (χ4n) is 3.73. The first-order valence-corrected chi connectivity index (χ1v) is 12.7. The number of benzene rings is 2. The highest BCUT2D eigenvalue weighted by atomic mass is 32.2. The summed E-state index contributed by atoms with van der Waals surface area (Å²) in [5, 5.41) is 2.99. The molecule has 0 bridgehead atoms. The predicted octanol–water partition coefficient (Wildman–Crippen LogP) is 5.09. The smallest absolute Gasteiger partial charge is 0.266 e. The summed E-state index contributed by atoms with van der Waals surface area (Å²) >= 11 is 2.83. The van der Waals surface area contributed by atoms with E-state index in [9.17, 15) is 9.59 Å². The highest BCUT2D eigenvalue weighted by Gasteiger charge is 2.14. The van der Waals surface area contributed by atoms with E-state index in [1.807, 2.05) is 35.7 Å². The SMILES string of the molecule is CCCCc1ccc(-n2c(SCc3cc(=O)n4ccsc4n3)nc3ccccc3c2=O)cc1. The molecule has 3 heterocycles. The Labute approximate surface area is 198 Å². The van der Waals surface area contributed by atoms with Gasteiger partial charge in [0.2, 0.25) is 0 Å². The maximum absolute atomic E-state index is 13.5. The molecule has 0 saturated carbocycles. The normalized spacial score (nSPS) is 11.4. The number of rotatable bonds is 7. The van der Waals surface area contributed by atoms with Gasteiger partial charge in [-0.2, -0.15) is 0 Å². The molecule has 166 valence electrons. The molecule has 0 saturated heterocycles. The van der Waals surface area contributed by atoms with E-state index in [0.717, 1.165) is 24.9 Å². The van der Waals surface area contributed by atoms with Crippen LogP contribution in [0.25, 0.3) is 21.6 Å². The van der Waals surface area contributed by atoms with Gasteiger partial charge in [0.15, 0.2) is 10.1 Å². The van der Waals surface area contributed by atoms with Crippen LogP contribution < -0.4 is 11.1 Å². The average Bonchev–Trinajstić information content (AvgIpc) is 3.31. The van der Waals surface area contributed by atoms with Gasteiger partial charge in [0.1, 0.15) is 0 Å². The van der Waals surface area contributed by atoms with Gasteiger partial charge in [-0.05, 0) is 42.7 Å². The Hall–Kier alpha value is -3.23. The zero-order valence-electron chi connectivity index (χ0n) is 18.1. The molecule has 0 atom stereocenters. The van der Waals surface area contributed by atoms with E-state index in [-0.39, 0.29) is 11.1 Å². The van der Waals surface area contributed by atoms with Gasteiger partial charge in [0, 0.05) is 23.4 Å². The summed E-state index contributed by atoms with van der Waals surface area (Å²) in [7, 11) is 0. The molecule has 0 N–H and O–H groups in total. The van der Waals surface area contributed by atoms with E-state index < -0.39 is 0 Å². The van der Waals surface area contributed by atoms with Gasteiger partial charge >= 0.3 is 0 Å². The van der Waals surface area contributed by atoms with E-state index >= 15 is 0 Å². The molecule has 0 aliphatic rings. The van der Waals surface area contributed by atoms with Crippen LogP contribution in [0.1, 0.15) is 31.0 Å². The van der Waals surface area contributed by atoms with Crippen LogP contribution in [-0.4, -0.2) is 18.9 Å². The largest absolute Gasteiger partial charge is 0.269 e. The highest BCUT2D eigenvalue weighted by Crippen LogP contribution is 2.24. The highest BCUT2D eigenvalue weighted by molar-refractivity contribution is 7.98. The van der Waals surface area contributed by atoms with Gasteiger partial charge in [-0.15, -0.1) is 11.3 Å². The van der Waals surface area contributed by atoms with E-state index in [1.165, 1.54) is 33.1 Å². The van der Waals surface area contributed by atoms with Gasteiger partial charge in [0.25, 0.3) is 11.1 Å². The van der Waals surface area contributed by atoms with Crippen LogP contribution in [-0.2, 0) is 12.2 Å². The van der Waals surface area contributed by atoms with Gasteiger partial charge in [-0.25, -0.2) is 9.97 Å². The van der Waals surface area contributed by atoms with Crippen LogP contribution in [0.4, 0.5) is 0 Å². The molecule has 0 spiro atoms. The number of nitrogens with zero attached hydrogens (tertiary/aromatic N) is 4. The standard InChI is InChI=1S/C25H22N4O2S2/c1-2-3-6-17-9-11-19(12-10-17)29-23(31)20-7-4-5-8-21(20)27-25(29)33-16-18-15-22(30)28-13-14-32-24(28)26-18/h4-5,7-15H,2-3,6,16H2,1H3. The number of aryl methyl sites for hydroxylation is 1. The first-order chi connectivity index (χ1) is 16.1. The first-order valence-electron chi connectivity index (χ1n) is 10.8. The third-order valence-corrected chi connectivity index (χ3v) is 7.19. The molecule has 5 rings (SSSR count). The minimum atomic E-state index is -0.108. The zero-order chi connectivity index (χ0) is 22.8. The molecule has 0 fully saturated rings. The Morgan fingerprint density at radius 3 is 2.67 bits per heavy atom. The Bertz CT molecular complexity index is 1550. The molecular weight excluding hydrogens is 452 g/mol. The van der Waals surface area contributed by atoms with Crippen LogP contribution in [0.15, 0.2) is 80.9 Å². The topological polar surface area (TPSA) is 69.3 Å². The fraction of sp³-hybridized carbons (Fsp3) is 0.200. The average molecular weight is 475 g/mol. The summed E-state index contributed by atoms with van der Waals surface area (Å²) in [5.74, 6) is 0.434. The van der Waals surface area contributed by atoms with Crippen molar-refractivity contribution in [2.24, 2.45) is 0 Å². The van der Waals surface area contributed by atoms with Crippen molar-refractivity contribution in [2.45, 2.75) is 37.1 Å². The number of hydrogen-bond donors (Lipinski definition) is 0. The molecule has 8 heteroatoms. The minimum absolute atomic E-state index is 0.105. The van der Waals surface area contributed by atoms with E-state index in [2.05, 4.69) is 24.0 Å². The van der Waals surface area contributed by atoms with E-state index in [4.69, 9.17) is 4.98 Å². The van der Waals surface area contributed by atoms with Crippen LogP contribution in [0.3, 0.4) is 0 Å². The second-order valence-corrected chi connectivity index (χ2v) is 9.57. The Morgan fingerprint density at radius 1 is 1.03 bits per heavy atom. The van der Waals surface area contributed by atoms with Crippen molar-refractivity contribution in [3.05, 3.63) is 98.1 Å². The summed E-state index contributed by atoms with van der Waals surface area (Å²) < 4.78 is 3.19. The Balaban J connectivity index is 1.55. The van der Waals surface area contributed by atoms with Crippen LogP contribution in [0.5, 0.6) is 0 Å². The van der Waals surface area contributed by atoms with Gasteiger partial charge in [-0.3, -0.25) is 18.6 Å². The van der Waals surface area contributed by atoms with Crippen molar-refractivity contribution < 1.29 is 0 Å². The molecule has 0 radical (unpaired) electrons. The molecule has 0 amide bonds. The van der Waals surface area contributed by atoms with Crippen molar-refractivity contribution >= 4 is 39.0 Å². The number of unbranched alkanes of at least 4 members (excludes halogenated alkanes) is 1. The maximum Gasteiger partial charge on any atom is 0.266 e. The van der Waals surface area contributed by atoms with Gasteiger partial charge in [-0.1, -0.05) is 49.4 Å². The summed E-state index contributed by atoms with van der Waals surface area (Å²) in [4.78, 5) is 35.8. The second kappa shape index (κ2) is 9.33. The molecule has 2 aromatic carbocycles. The third kappa shape index (κ3) is 4.36. The quantitative estimate of drug-likeness (QED) is 0.243. The Morgan fingerprint density at radius 2 is 1.85 bits per heavy atom. The maximum atomic E-state index is 13.5. The summed E-state index contributed by atoms with van der Waals surface area (Å²) in [6.07, 6.45) is 5.03. The molecule has 3 aromatic heterocycles. The number of para-hydroxylation sites is 1. The summed E-state index contributed by atoms with van der Waals surface area (Å²) in [5.41, 5.74) is 3.14. The van der Waals surface area contributed by atoms with Crippen molar-refractivity contribution in [3.63, 3.8) is 0 Å². The predicted molar refractivity (Wildman–Crippen MR) is 135 cm³/mol. The lowest BCUT2D eigenvalue weighted by molar-refractivity contribution is 0.791. The van der Waals surface area contributed by atoms with Gasteiger partial charge in [0.05, 0.1) is 22.3 Å². The Kier molecular flexibility index (Phi) is 6.11. The molecule has 0 aliphatic carbocycles. The zero-order valence-corrected chi connectivity index (χ0v) is 19.7. The molecule has 33 heavy (non-hydrogen) atoms. The van der Waals surface area contributed by atoms with E-state index in [0.29, 0.717) is 32.5 Å². The number of thiazole rings is 1. The number of hydrogen-bond acceptors (Lipinski definition) is 6. The number of thioether (sulfide) groups is 1. The molecule has 0 aliphatic heterocycles. The van der Waals surface area contributed by atoms with Crippen molar-refractivity contribution in [1.82, 2.24) is 18.9 Å². The number of aromatic nitrogens is 4.